The van der Waals surface area contributed by atoms with Gasteiger partial charge in [0.25, 0.3) is 5.56 Å². The van der Waals surface area contributed by atoms with Crippen molar-refractivity contribution in [2.45, 2.75) is 39.3 Å². The van der Waals surface area contributed by atoms with Crippen molar-refractivity contribution < 1.29 is 9.53 Å². The number of anilines is 3. The number of carbonyl (C=O) groups excluding carboxylic acids is 1. The van der Waals surface area contributed by atoms with Gasteiger partial charge in [-0.05, 0) is 56.4 Å². The van der Waals surface area contributed by atoms with E-state index in [4.69, 9.17) is 9.72 Å². The number of allylic oxidation sites excluding steroid dienone is 3. The van der Waals surface area contributed by atoms with E-state index in [1.54, 1.807) is 29.0 Å². The van der Waals surface area contributed by atoms with E-state index in [0.717, 1.165) is 43.3 Å². The highest BCUT2D eigenvalue weighted by atomic mass is 16.5. The molecule has 0 saturated carbocycles. The lowest BCUT2D eigenvalue weighted by atomic mass is 9.73. The number of nitrogens with one attached hydrogen (secondary N) is 2. The Morgan fingerprint density at radius 2 is 2.07 bits per heavy atom. The minimum Gasteiger partial charge on any atom is -0.495 e. The second-order valence-corrected chi connectivity index (χ2v) is 11.1. The van der Waals surface area contributed by atoms with Crippen LogP contribution in [-0.2, 0) is 11.3 Å². The number of aromatic nitrogens is 4. The third-order valence-corrected chi connectivity index (χ3v) is 8.13. The Labute approximate surface area is 245 Å². The Hall–Kier alpha value is -4.45. The molecular weight excluding hydrogens is 534 g/mol. The second-order valence-electron chi connectivity index (χ2n) is 11.1. The van der Waals surface area contributed by atoms with Crippen LogP contribution in [0.15, 0.2) is 59.1 Å². The molecule has 0 amide bonds. The van der Waals surface area contributed by atoms with E-state index in [-0.39, 0.29) is 18.1 Å². The summed E-state index contributed by atoms with van der Waals surface area (Å²) in [6.07, 6.45) is 9.01. The molecule has 2 aliphatic rings. The molecule has 222 valence electrons. The zero-order valence-corrected chi connectivity index (χ0v) is 24.7. The first-order valence-corrected chi connectivity index (χ1v) is 14.2. The van der Waals surface area contributed by atoms with Gasteiger partial charge < -0.3 is 20.3 Å². The Balaban J connectivity index is 1.49. The molecule has 12 heteroatoms. The zero-order chi connectivity index (χ0) is 29.9. The van der Waals surface area contributed by atoms with E-state index in [0.29, 0.717) is 34.5 Å². The summed E-state index contributed by atoms with van der Waals surface area (Å²) in [5, 5.41) is 13.4. The normalized spacial score (nSPS) is 16.7. The fraction of sp³-hybridized carbons (Fsp3) is 0.433. The number of methoxy groups -OCH3 is 1. The standard InChI is InChI=1S/C30H39N9O3/c1-6-13-38-28(41)23-18-32-29(34-27(23)39(38)26(8-7-16-40)35-36(4)21(2)3)33-22-9-10-24(25(17-22)42-5)37-14-11-30(12-15-37)19-31-20-30/h6-10,16-18,21,31H,1,11-15,19-20H2,2-5H3,(H,32,33,34)/b8-7-,35-26+. The van der Waals surface area contributed by atoms with E-state index in [9.17, 15) is 9.59 Å². The Kier molecular flexibility index (Phi) is 8.44. The summed E-state index contributed by atoms with van der Waals surface area (Å²) in [6, 6.07) is 6.06. The van der Waals surface area contributed by atoms with Crippen LogP contribution in [0, 0.1) is 5.41 Å². The van der Waals surface area contributed by atoms with Crippen LogP contribution >= 0.6 is 0 Å². The second kappa shape index (κ2) is 12.2. The van der Waals surface area contributed by atoms with E-state index in [1.165, 1.54) is 29.8 Å². The fourth-order valence-electron chi connectivity index (χ4n) is 5.36. The first kappa shape index (κ1) is 29.1. The van der Waals surface area contributed by atoms with Crippen molar-refractivity contribution in [3.8, 4) is 5.75 Å². The van der Waals surface area contributed by atoms with Crippen LogP contribution in [0.3, 0.4) is 0 Å². The van der Waals surface area contributed by atoms with Gasteiger partial charge in [-0.1, -0.05) is 6.08 Å². The summed E-state index contributed by atoms with van der Waals surface area (Å²) < 4.78 is 8.84. The first-order valence-electron chi connectivity index (χ1n) is 14.2. The molecule has 42 heavy (non-hydrogen) atoms. The summed E-state index contributed by atoms with van der Waals surface area (Å²) in [5.41, 5.74) is 2.34. The average Bonchev–Trinajstić information content (AvgIpc) is 3.24. The van der Waals surface area contributed by atoms with E-state index < -0.39 is 0 Å². The number of aldehydes is 1. The summed E-state index contributed by atoms with van der Waals surface area (Å²) in [4.78, 5) is 36.1. The van der Waals surface area contributed by atoms with E-state index in [2.05, 4.69) is 38.3 Å². The molecular formula is C30H39N9O3. The van der Waals surface area contributed by atoms with Gasteiger partial charge >= 0.3 is 0 Å². The number of carbonyl (C=O) groups is 1. The molecule has 3 aromatic rings. The summed E-state index contributed by atoms with van der Waals surface area (Å²) in [5.74, 6) is 1.42. The molecule has 2 aliphatic heterocycles. The van der Waals surface area contributed by atoms with Gasteiger partial charge in [-0.2, -0.15) is 10.1 Å². The highest BCUT2D eigenvalue weighted by molar-refractivity contribution is 6.01. The summed E-state index contributed by atoms with van der Waals surface area (Å²) in [6.45, 7) is 12.2. The van der Waals surface area contributed by atoms with Crippen molar-refractivity contribution in [1.82, 2.24) is 29.7 Å². The number of piperidine rings is 1. The first-order chi connectivity index (χ1) is 20.3. The maximum absolute atomic E-state index is 13.3. The van der Waals surface area contributed by atoms with Gasteiger partial charge in [0.1, 0.15) is 17.4 Å². The smallest absolute Gasteiger partial charge is 0.278 e. The third-order valence-electron chi connectivity index (χ3n) is 8.13. The minimum atomic E-state index is -0.289. The van der Waals surface area contributed by atoms with Crippen LogP contribution < -0.4 is 25.8 Å². The lowest BCUT2D eigenvalue weighted by Crippen LogP contribution is -2.58. The van der Waals surface area contributed by atoms with Gasteiger partial charge in [-0.3, -0.25) is 14.6 Å². The number of hydrazone groups is 1. The molecule has 0 atom stereocenters. The van der Waals surface area contributed by atoms with Crippen LogP contribution in [0.25, 0.3) is 11.0 Å². The number of fused-ring (bicyclic) bond motifs is 1. The molecule has 2 N–H and O–H groups in total. The largest absolute Gasteiger partial charge is 0.495 e. The molecule has 2 fully saturated rings. The Morgan fingerprint density at radius 1 is 1.31 bits per heavy atom. The van der Waals surface area contributed by atoms with Crippen molar-refractivity contribution in [3.63, 3.8) is 0 Å². The lowest BCUT2D eigenvalue weighted by molar-refractivity contribution is -0.104. The van der Waals surface area contributed by atoms with Crippen molar-refractivity contribution >= 4 is 40.5 Å². The van der Waals surface area contributed by atoms with E-state index in [1.807, 2.05) is 33.0 Å². The highest BCUT2D eigenvalue weighted by Crippen LogP contribution is 2.39. The zero-order valence-electron chi connectivity index (χ0n) is 24.7. The predicted molar refractivity (Wildman–Crippen MR) is 166 cm³/mol. The molecule has 1 aromatic carbocycles. The van der Waals surface area contributed by atoms with Crippen molar-refractivity contribution in [2.24, 2.45) is 10.5 Å². The van der Waals surface area contributed by atoms with Gasteiger partial charge in [0.15, 0.2) is 11.5 Å². The molecule has 0 bridgehead atoms. The SMILES string of the molecule is C=CCn1c(=O)c2cnc(Nc3ccc(N4CCC5(CC4)CNC5)c(OC)c3)nc2n1C(/C=C\C=O)=N/N(C)C(C)C. The van der Waals surface area contributed by atoms with Crippen LogP contribution in [0.1, 0.15) is 26.7 Å². The molecule has 2 saturated heterocycles. The Bertz CT molecular complexity index is 1570. The van der Waals surface area contributed by atoms with Gasteiger partial charge in [0.2, 0.25) is 5.95 Å². The van der Waals surface area contributed by atoms with Gasteiger partial charge in [0, 0.05) is 57.2 Å². The molecule has 5 rings (SSSR count). The number of hydrogen-bond donors (Lipinski definition) is 2. The number of rotatable bonds is 10. The molecule has 0 aliphatic carbocycles. The molecule has 0 unspecified atom stereocenters. The molecule has 1 spiro atoms. The van der Waals surface area contributed by atoms with Crippen molar-refractivity contribution in [1.29, 1.82) is 0 Å². The molecule has 0 radical (unpaired) electrons. The quantitative estimate of drug-likeness (QED) is 0.0941. The predicted octanol–water partition coefficient (Wildman–Crippen LogP) is 2.98. The number of hydrogen-bond acceptors (Lipinski definition) is 10. The molecule has 2 aromatic heterocycles. The van der Waals surface area contributed by atoms with Gasteiger partial charge in [0.05, 0.1) is 19.3 Å². The number of ether oxygens (including phenoxy) is 1. The fourth-order valence-corrected chi connectivity index (χ4v) is 5.36. The maximum Gasteiger partial charge on any atom is 0.278 e. The van der Waals surface area contributed by atoms with Crippen molar-refractivity contribution in [2.75, 3.05) is 50.6 Å². The van der Waals surface area contributed by atoms with Crippen LogP contribution in [0.4, 0.5) is 17.3 Å². The van der Waals surface area contributed by atoms with Gasteiger partial charge in [-0.25, -0.2) is 14.3 Å². The van der Waals surface area contributed by atoms with E-state index >= 15 is 0 Å². The third kappa shape index (κ3) is 5.67. The maximum atomic E-state index is 13.3. The average molecular weight is 574 g/mol. The van der Waals surface area contributed by atoms with Crippen molar-refractivity contribution in [3.05, 3.63) is 59.6 Å². The summed E-state index contributed by atoms with van der Waals surface area (Å²) >= 11 is 0. The van der Waals surface area contributed by atoms with Crippen LogP contribution in [0.2, 0.25) is 0 Å². The highest BCUT2D eigenvalue weighted by Gasteiger charge is 2.40. The molecule has 12 nitrogen and oxygen atoms in total. The molecule has 4 heterocycles. The number of nitrogens with zero attached hydrogens (tertiary/aromatic N) is 7. The monoisotopic (exact) mass is 573 g/mol. The topological polar surface area (TPSA) is 122 Å². The summed E-state index contributed by atoms with van der Waals surface area (Å²) in [7, 11) is 3.50. The van der Waals surface area contributed by atoms with Crippen LogP contribution in [-0.4, -0.2) is 82.8 Å². The minimum absolute atomic E-state index is 0.0807. The van der Waals surface area contributed by atoms with Crippen LogP contribution in [0.5, 0.6) is 5.75 Å². The Morgan fingerprint density at radius 3 is 2.69 bits per heavy atom. The number of benzene rings is 1. The lowest BCUT2D eigenvalue weighted by Gasteiger charge is -2.49. The van der Waals surface area contributed by atoms with Gasteiger partial charge in [-0.15, -0.1) is 6.58 Å².